The molecule has 31 heavy (non-hydrogen) atoms. The molecular weight excluding hydrogens is 434 g/mol. The maximum absolute atomic E-state index is 13.2. The number of hydrogen-bond donors (Lipinski definition) is 1. The third kappa shape index (κ3) is 5.84. The standard InChI is InChI=1S/C25H25Cl2FN2O/c26-23-14-20(28)8-7-19(23)17-31-22-6-4-5-18(13-22)16-29-21-9-10-25(24(27)15-21)30-11-2-1-3-12-30/h4-10,13-15,29H,1-3,11-12,16-17H2. The lowest BCUT2D eigenvalue weighted by Crippen LogP contribution is -2.29. The summed E-state index contributed by atoms with van der Waals surface area (Å²) >= 11 is 12.6. The molecule has 0 aliphatic carbocycles. The Morgan fingerprint density at radius 1 is 0.903 bits per heavy atom. The average molecular weight is 459 g/mol. The molecule has 0 spiro atoms. The van der Waals surface area contributed by atoms with Crippen molar-refractivity contribution in [1.29, 1.82) is 0 Å². The average Bonchev–Trinajstić information content (AvgIpc) is 2.78. The summed E-state index contributed by atoms with van der Waals surface area (Å²) in [7, 11) is 0. The van der Waals surface area contributed by atoms with Gasteiger partial charge in [0, 0.05) is 30.9 Å². The Morgan fingerprint density at radius 2 is 1.74 bits per heavy atom. The van der Waals surface area contributed by atoms with Gasteiger partial charge in [-0.2, -0.15) is 0 Å². The van der Waals surface area contributed by atoms with Crippen molar-refractivity contribution in [3.05, 3.63) is 87.7 Å². The third-order valence-electron chi connectivity index (χ3n) is 5.45. The van der Waals surface area contributed by atoms with Crippen LogP contribution < -0.4 is 15.0 Å². The van der Waals surface area contributed by atoms with Gasteiger partial charge in [0.25, 0.3) is 0 Å². The van der Waals surface area contributed by atoms with E-state index >= 15 is 0 Å². The number of rotatable bonds is 7. The normalized spacial score (nSPS) is 13.8. The van der Waals surface area contributed by atoms with E-state index in [0.29, 0.717) is 11.6 Å². The van der Waals surface area contributed by atoms with Crippen molar-refractivity contribution >= 4 is 34.6 Å². The second-order valence-corrected chi connectivity index (χ2v) is 8.55. The molecule has 3 aromatic carbocycles. The molecule has 1 fully saturated rings. The Labute approximate surface area is 192 Å². The zero-order chi connectivity index (χ0) is 21.6. The van der Waals surface area contributed by atoms with Gasteiger partial charge in [0.15, 0.2) is 0 Å². The first-order valence-electron chi connectivity index (χ1n) is 10.5. The summed E-state index contributed by atoms with van der Waals surface area (Å²) in [4.78, 5) is 2.36. The predicted octanol–water partition coefficient (Wildman–Crippen LogP) is 7.31. The van der Waals surface area contributed by atoms with E-state index < -0.39 is 0 Å². The van der Waals surface area contributed by atoms with Crippen LogP contribution >= 0.6 is 23.2 Å². The minimum absolute atomic E-state index is 0.281. The zero-order valence-electron chi connectivity index (χ0n) is 17.2. The highest BCUT2D eigenvalue weighted by atomic mass is 35.5. The van der Waals surface area contributed by atoms with E-state index in [2.05, 4.69) is 22.3 Å². The van der Waals surface area contributed by atoms with Crippen LogP contribution in [0.15, 0.2) is 60.7 Å². The highest BCUT2D eigenvalue weighted by Crippen LogP contribution is 2.31. The van der Waals surface area contributed by atoms with Gasteiger partial charge in [-0.15, -0.1) is 0 Å². The summed E-state index contributed by atoms with van der Waals surface area (Å²) in [5.41, 5.74) is 3.92. The highest BCUT2D eigenvalue weighted by Gasteiger charge is 2.14. The molecule has 0 radical (unpaired) electrons. The van der Waals surface area contributed by atoms with Gasteiger partial charge in [-0.05, 0) is 67.3 Å². The Kier molecular flexibility index (Phi) is 7.21. The molecule has 1 aliphatic heterocycles. The molecule has 1 N–H and O–H groups in total. The van der Waals surface area contributed by atoms with Crippen molar-refractivity contribution in [1.82, 2.24) is 0 Å². The maximum Gasteiger partial charge on any atom is 0.124 e. The van der Waals surface area contributed by atoms with Crippen LogP contribution in [0.25, 0.3) is 0 Å². The molecule has 3 nitrogen and oxygen atoms in total. The first-order chi connectivity index (χ1) is 15.1. The van der Waals surface area contributed by atoms with Gasteiger partial charge in [-0.25, -0.2) is 4.39 Å². The van der Waals surface area contributed by atoms with Gasteiger partial charge < -0.3 is 15.0 Å². The summed E-state index contributed by atoms with van der Waals surface area (Å²) in [6.45, 7) is 3.07. The van der Waals surface area contributed by atoms with Crippen molar-refractivity contribution in [2.75, 3.05) is 23.3 Å². The van der Waals surface area contributed by atoms with E-state index in [1.54, 1.807) is 6.07 Å². The minimum Gasteiger partial charge on any atom is -0.489 e. The minimum atomic E-state index is -0.356. The molecule has 1 aliphatic rings. The van der Waals surface area contributed by atoms with Crippen molar-refractivity contribution in [2.45, 2.75) is 32.4 Å². The van der Waals surface area contributed by atoms with Crippen LogP contribution in [0.3, 0.4) is 0 Å². The number of ether oxygens (including phenoxy) is 1. The molecule has 0 saturated carbocycles. The summed E-state index contributed by atoms with van der Waals surface area (Å²) in [6, 6.07) is 18.3. The quantitative estimate of drug-likeness (QED) is 0.401. The van der Waals surface area contributed by atoms with Crippen LogP contribution in [0.4, 0.5) is 15.8 Å². The van der Waals surface area contributed by atoms with Gasteiger partial charge in [0.2, 0.25) is 0 Å². The molecule has 3 aromatic rings. The molecule has 0 bridgehead atoms. The molecule has 0 unspecified atom stereocenters. The summed E-state index contributed by atoms with van der Waals surface area (Å²) in [6.07, 6.45) is 3.75. The largest absolute Gasteiger partial charge is 0.489 e. The fraction of sp³-hybridized carbons (Fsp3) is 0.280. The van der Waals surface area contributed by atoms with Crippen LogP contribution in [0.5, 0.6) is 5.75 Å². The second kappa shape index (κ2) is 10.3. The van der Waals surface area contributed by atoms with Gasteiger partial charge in [-0.1, -0.05) is 41.4 Å². The molecule has 0 amide bonds. The number of anilines is 2. The molecule has 0 atom stereocenters. The Hall–Kier alpha value is -2.43. The van der Waals surface area contributed by atoms with Crippen LogP contribution in [-0.4, -0.2) is 13.1 Å². The second-order valence-electron chi connectivity index (χ2n) is 7.74. The van der Waals surface area contributed by atoms with E-state index in [0.717, 1.165) is 46.4 Å². The highest BCUT2D eigenvalue weighted by molar-refractivity contribution is 6.33. The first kappa shape index (κ1) is 21.8. The van der Waals surface area contributed by atoms with E-state index in [9.17, 15) is 4.39 Å². The summed E-state index contributed by atoms with van der Waals surface area (Å²) in [5.74, 6) is 0.379. The number of nitrogens with zero attached hydrogens (tertiary/aromatic N) is 1. The smallest absolute Gasteiger partial charge is 0.124 e. The zero-order valence-corrected chi connectivity index (χ0v) is 18.7. The van der Waals surface area contributed by atoms with Crippen molar-refractivity contribution in [3.63, 3.8) is 0 Å². The first-order valence-corrected chi connectivity index (χ1v) is 11.3. The molecule has 1 heterocycles. The fourth-order valence-electron chi connectivity index (χ4n) is 3.76. The number of piperidine rings is 1. The van der Waals surface area contributed by atoms with Crippen LogP contribution in [0.1, 0.15) is 30.4 Å². The number of hydrogen-bond acceptors (Lipinski definition) is 3. The third-order valence-corrected chi connectivity index (χ3v) is 6.10. The topological polar surface area (TPSA) is 24.5 Å². The monoisotopic (exact) mass is 458 g/mol. The Balaban J connectivity index is 1.35. The van der Waals surface area contributed by atoms with Crippen molar-refractivity contribution in [3.8, 4) is 5.75 Å². The van der Waals surface area contributed by atoms with Gasteiger partial charge in [-0.3, -0.25) is 0 Å². The Morgan fingerprint density at radius 3 is 2.52 bits per heavy atom. The van der Waals surface area contributed by atoms with E-state index in [1.165, 1.54) is 31.4 Å². The molecule has 162 valence electrons. The SMILES string of the molecule is Fc1ccc(COc2cccc(CNc3ccc(N4CCCCC4)c(Cl)c3)c2)c(Cl)c1. The lowest BCUT2D eigenvalue weighted by molar-refractivity contribution is 0.306. The van der Waals surface area contributed by atoms with Crippen molar-refractivity contribution < 1.29 is 9.13 Å². The molecule has 4 rings (SSSR count). The predicted molar refractivity (Wildman–Crippen MR) is 127 cm³/mol. The number of nitrogens with one attached hydrogen (secondary N) is 1. The molecule has 1 saturated heterocycles. The Bertz CT molecular complexity index is 1040. The number of halogens is 3. The van der Waals surface area contributed by atoms with Crippen molar-refractivity contribution in [2.24, 2.45) is 0 Å². The van der Waals surface area contributed by atoms with Crippen LogP contribution in [-0.2, 0) is 13.2 Å². The summed E-state index contributed by atoms with van der Waals surface area (Å²) in [5, 5.41) is 4.57. The van der Waals surface area contributed by atoms with Crippen LogP contribution in [0, 0.1) is 5.82 Å². The van der Waals surface area contributed by atoms with Gasteiger partial charge in [0.1, 0.15) is 18.2 Å². The van der Waals surface area contributed by atoms with Gasteiger partial charge in [0.05, 0.1) is 15.7 Å². The molecule has 6 heteroatoms. The van der Waals surface area contributed by atoms with Crippen LogP contribution in [0.2, 0.25) is 10.0 Å². The lowest BCUT2D eigenvalue weighted by Gasteiger charge is -2.29. The van der Waals surface area contributed by atoms with E-state index in [4.69, 9.17) is 27.9 Å². The van der Waals surface area contributed by atoms with E-state index in [-0.39, 0.29) is 12.4 Å². The van der Waals surface area contributed by atoms with E-state index in [1.807, 2.05) is 30.3 Å². The summed E-state index contributed by atoms with van der Waals surface area (Å²) < 4.78 is 19.0. The fourth-order valence-corrected chi connectivity index (χ4v) is 4.28. The number of benzene rings is 3. The molecular formula is C25H25Cl2FN2O. The maximum atomic E-state index is 13.2. The molecule has 0 aromatic heterocycles. The lowest BCUT2D eigenvalue weighted by atomic mass is 10.1. The van der Waals surface area contributed by atoms with Gasteiger partial charge >= 0.3 is 0 Å².